The van der Waals surface area contributed by atoms with Crippen LogP contribution in [0.1, 0.15) is 45.4 Å². The lowest BCUT2D eigenvalue weighted by Crippen LogP contribution is -1.85. The van der Waals surface area contributed by atoms with Crippen LogP contribution in [0, 0.1) is 0 Å². The highest BCUT2D eigenvalue weighted by Crippen LogP contribution is 2.10. The van der Waals surface area contributed by atoms with E-state index in [0.29, 0.717) is 0 Å². The molecule has 0 nitrogen and oxygen atoms in total. The normalized spacial score (nSPS) is 10.5. The van der Waals surface area contributed by atoms with E-state index in [1.54, 1.807) is 0 Å². The van der Waals surface area contributed by atoms with Gasteiger partial charge in [-0.05, 0) is 30.8 Å². The van der Waals surface area contributed by atoms with Crippen LogP contribution >= 0.6 is 27.7 Å². The summed E-state index contributed by atoms with van der Waals surface area (Å²) in [4.78, 5) is 0. The number of alkyl halides is 1. The van der Waals surface area contributed by atoms with Crippen molar-refractivity contribution >= 4 is 27.7 Å². The molecule has 0 aromatic carbocycles. The summed E-state index contributed by atoms with van der Waals surface area (Å²) in [5.41, 5.74) is 0. The molecule has 0 aromatic rings. The second-order valence-electron chi connectivity index (χ2n) is 3.07. The van der Waals surface area contributed by atoms with Crippen molar-refractivity contribution < 1.29 is 0 Å². The van der Waals surface area contributed by atoms with E-state index in [9.17, 15) is 0 Å². The molecule has 12 heavy (non-hydrogen) atoms. The molecule has 0 saturated heterocycles. The molecule has 74 valence electrons. The molecular formula is C10H21BrS. The minimum Gasteiger partial charge on any atom is -0.162 e. The van der Waals surface area contributed by atoms with Gasteiger partial charge in [0.1, 0.15) is 0 Å². The SMILES string of the molecule is CCCCCSCCCCCBr. The van der Waals surface area contributed by atoms with Gasteiger partial charge < -0.3 is 0 Å². The Bertz CT molecular complexity index is 66.2. The molecule has 0 bridgehead atoms. The van der Waals surface area contributed by atoms with Gasteiger partial charge in [-0.3, -0.25) is 0 Å². The lowest BCUT2D eigenvalue weighted by molar-refractivity contribution is 0.772. The molecule has 0 N–H and O–H groups in total. The lowest BCUT2D eigenvalue weighted by Gasteiger charge is -1.99. The zero-order valence-electron chi connectivity index (χ0n) is 8.15. The molecule has 0 fully saturated rings. The van der Waals surface area contributed by atoms with Gasteiger partial charge >= 0.3 is 0 Å². The smallest absolute Gasteiger partial charge is 0.00313 e. The van der Waals surface area contributed by atoms with Crippen molar-refractivity contribution in [3.05, 3.63) is 0 Å². The van der Waals surface area contributed by atoms with E-state index < -0.39 is 0 Å². The number of rotatable bonds is 9. The predicted octanol–water partition coefficient (Wildman–Crippen LogP) is 4.48. The molecule has 0 heterocycles. The van der Waals surface area contributed by atoms with Crippen LogP contribution in [-0.4, -0.2) is 16.8 Å². The summed E-state index contributed by atoms with van der Waals surface area (Å²) in [6, 6.07) is 0. The van der Waals surface area contributed by atoms with Crippen LogP contribution in [0.15, 0.2) is 0 Å². The monoisotopic (exact) mass is 252 g/mol. The number of halogens is 1. The minimum absolute atomic E-state index is 1.17. The first kappa shape index (κ1) is 12.8. The summed E-state index contributed by atoms with van der Waals surface area (Å²) in [5.74, 6) is 2.75. The van der Waals surface area contributed by atoms with Crippen molar-refractivity contribution in [1.29, 1.82) is 0 Å². The van der Waals surface area contributed by atoms with Crippen molar-refractivity contribution in [3.63, 3.8) is 0 Å². The van der Waals surface area contributed by atoms with E-state index in [1.807, 2.05) is 0 Å². The third-order valence-corrected chi connectivity index (χ3v) is 3.53. The van der Waals surface area contributed by atoms with Crippen molar-refractivity contribution in [2.75, 3.05) is 16.8 Å². The second kappa shape index (κ2) is 11.8. The number of thioether (sulfide) groups is 1. The van der Waals surface area contributed by atoms with Gasteiger partial charge in [0.15, 0.2) is 0 Å². The van der Waals surface area contributed by atoms with E-state index in [4.69, 9.17) is 0 Å². The van der Waals surface area contributed by atoms with E-state index in [1.165, 1.54) is 55.4 Å². The number of unbranched alkanes of at least 4 members (excludes halogenated alkanes) is 4. The lowest BCUT2D eigenvalue weighted by atomic mass is 10.3. The average molecular weight is 253 g/mol. The second-order valence-corrected chi connectivity index (χ2v) is 5.09. The minimum atomic E-state index is 1.17. The van der Waals surface area contributed by atoms with Crippen LogP contribution in [0.4, 0.5) is 0 Å². The standard InChI is InChI=1S/C10H21BrS/c1-2-3-6-9-12-10-7-4-5-8-11/h2-10H2,1H3. The van der Waals surface area contributed by atoms with Crippen LogP contribution in [0.5, 0.6) is 0 Å². The number of hydrogen-bond donors (Lipinski definition) is 0. The van der Waals surface area contributed by atoms with Gasteiger partial charge in [-0.25, -0.2) is 0 Å². The summed E-state index contributed by atoms with van der Waals surface area (Å²) < 4.78 is 0. The molecule has 0 radical (unpaired) electrons. The van der Waals surface area contributed by atoms with Gasteiger partial charge in [0.05, 0.1) is 0 Å². The summed E-state index contributed by atoms with van der Waals surface area (Å²) in [6.07, 6.45) is 8.32. The molecule has 0 rings (SSSR count). The summed E-state index contributed by atoms with van der Waals surface area (Å²) in [5, 5.41) is 1.17. The first-order chi connectivity index (χ1) is 5.91. The summed E-state index contributed by atoms with van der Waals surface area (Å²) >= 11 is 5.57. The van der Waals surface area contributed by atoms with E-state index in [2.05, 4.69) is 34.6 Å². The highest BCUT2D eigenvalue weighted by Gasteiger charge is 1.90. The van der Waals surface area contributed by atoms with Crippen molar-refractivity contribution in [2.45, 2.75) is 45.4 Å². The Morgan fingerprint density at radius 3 is 2.17 bits per heavy atom. The van der Waals surface area contributed by atoms with Gasteiger partial charge in [-0.1, -0.05) is 42.1 Å². The summed E-state index contributed by atoms with van der Waals surface area (Å²) in [7, 11) is 0. The largest absolute Gasteiger partial charge is 0.162 e. The Morgan fingerprint density at radius 2 is 1.58 bits per heavy atom. The number of hydrogen-bond acceptors (Lipinski definition) is 1. The Hall–Kier alpha value is 0.830. The fourth-order valence-corrected chi connectivity index (χ4v) is 2.45. The molecule has 0 amide bonds. The van der Waals surface area contributed by atoms with Crippen LogP contribution in [0.2, 0.25) is 0 Å². The first-order valence-corrected chi connectivity index (χ1v) is 7.33. The molecule has 0 aliphatic rings. The Balaban J connectivity index is 2.73. The average Bonchev–Trinajstić information content (AvgIpc) is 2.10. The maximum atomic E-state index is 3.45. The van der Waals surface area contributed by atoms with Gasteiger partial charge in [0.25, 0.3) is 0 Å². The van der Waals surface area contributed by atoms with E-state index >= 15 is 0 Å². The van der Waals surface area contributed by atoms with Crippen molar-refractivity contribution in [3.8, 4) is 0 Å². The molecule has 0 aromatic heterocycles. The van der Waals surface area contributed by atoms with Crippen LogP contribution in [-0.2, 0) is 0 Å². The zero-order valence-corrected chi connectivity index (χ0v) is 10.6. The maximum absolute atomic E-state index is 3.45. The highest BCUT2D eigenvalue weighted by molar-refractivity contribution is 9.09. The van der Waals surface area contributed by atoms with Gasteiger partial charge in [0.2, 0.25) is 0 Å². The highest BCUT2D eigenvalue weighted by atomic mass is 79.9. The predicted molar refractivity (Wildman–Crippen MR) is 64.5 cm³/mol. The maximum Gasteiger partial charge on any atom is 0.00313 e. The summed E-state index contributed by atoms with van der Waals surface area (Å²) in [6.45, 7) is 2.26. The van der Waals surface area contributed by atoms with Gasteiger partial charge in [0, 0.05) is 5.33 Å². The molecule has 0 saturated carbocycles. The molecule has 2 heteroatoms. The zero-order chi connectivity index (χ0) is 9.07. The third kappa shape index (κ3) is 10.8. The molecule has 0 aliphatic carbocycles. The molecular weight excluding hydrogens is 232 g/mol. The fourth-order valence-electron chi connectivity index (χ4n) is 1.03. The molecule has 0 unspecified atom stereocenters. The van der Waals surface area contributed by atoms with Gasteiger partial charge in [-0.2, -0.15) is 11.8 Å². The third-order valence-electron chi connectivity index (χ3n) is 1.81. The molecule has 0 spiro atoms. The first-order valence-electron chi connectivity index (χ1n) is 5.05. The topological polar surface area (TPSA) is 0 Å². The van der Waals surface area contributed by atoms with Crippen molar-refractivity contribution in [1.82, 2.24) is 0 Å². The fraction of sp³-hybridized carbons (Fsp3) is 1.00. The van der Waals surface area contributed by atoms with Crippen LogP contribution in [0.3, 0.4) is 0 Å². The van der Waals surface area contributed by atoms with E-state index in [-0.39, 0.29) is 0 Å². The molecule has 0 aliphatic heterocycles. The Kier molecular flexibility index (Phi) is 12.6. The van der Waals surface area contributed by atoms with E-state index in [0.717, 1.165) is 0 Å². The molecule has 0 atom stereocenters. The Morgan fingerprint density at radius 1 is 0.917 bits per heavy atom. The van der Waals surface area contributed by atoms with Crippen LogP contribution < -0.4 is 0 Å². The quantitative estimate of drug-likeness (QED) is 0.431. The van der Waals surface area contributed by atoms with Gasteiger partial charge in [-0.15, -0.1) is 0 Å². The van der Waals surface area contributed by atoms with Crippen LogP contribution in [0.25, 0.3) is 0 Å². The Labute approximate surface area is 90.0 Å². The van der Waals surface area contributed by atoms with Crippen molar-refractivity contribution in [2.24, 2.45) is 0 Å².